The predicted molar refractivity (Wildman–Crippen MR) is 91.3 cm³/mol. The first-order valence-electron chi connectivity index (χ1n) is 8.95. The summed E-state index contributed by atoms with van der Waals surface area (Å²) in [5.41, 5.74) is 0. The van der Waals surface area contributed by atoms with Crippen molar-refractivity contribution >= 4 is 0 Å². The predicted octanol–water partition coefficient (Wildman–Crippen LogP) is 2.44. The Morgan fingerprint density at radius 3 is 2.26 bits per heavy atom. The summed E-state index contributed by atoms with van der Waals surface area (Å²) < 4.78 is 32.1. The van der Waals surface area contributed by atoms with E-state index in [1.807, 2.05) is 13.8 Å². The first kappa shape index (κ1) is 20.7. The van der Waals surface area contributed by atoms with Gasteiger partial charge in [-0.25, -0.2) is 8.78 Å². The lowest BCUT2D eigenvalue weighted by molar-refractivity contribution is -0.0762. The maximum atomic E-state index is 13.5. The number of ether oxygens (including phenoxy) is 1. The Kier molecular flexibility index (Phi) is 9.51. The molecule has 0 atom stereocenters. The fraction of sp³-hybridized carbons (Fsp3) is 1.00. The summed E-state index contributed by atoms with van der Waals surface area (Å²) in [6, 6.07) is 0.689. The highest BCUT2D eigenvalue weighted by Crippen LogP contribution is 2.13. The second-order valence-corrected chi connectivity index (χ2v) is 7.12. The summed E-state index contributed by atoms with van der Waals surface area (Å²) >= 11 is 0. The molecule has 0 saturated carbocycles. The summed E-state index contributed by atoms with van der Waals surface area (Å²) in [7, 11) is 0. The molecule has 0 amide bonds. The minimum absolute atomic E-state index is 0.0667. The fourth-order valence-electron chi connectivity index (χ4n) is 2.67. The fourth-order valence-corrected chi connectivity index (χ4v) is 2.67. The van der Waals surface area contributed by atoms with Crippen molar-refractivity contribution in [1.82, 2.24) is 15.1 Å². The van der Waals surface area contributed by atoms with Crippen molar-refractivity contribution in [3.05, 3.63) is 0 Å². The van der Waals surface area contributed by atoms with E-state index in [0.29, 0.717) is 12.6 Å². The van der Waals surface area contributed by atoms with Crippen LogP contribution in [-0.2, 0) is 4.74 Å². The highest BCUT2D eigenvalue weighted by Gasteiger charge is 2.29. The van der Waals surface area contributed by atoms with Gasteiger partial charge in [-0.3, -0.25) is 4.90 Å². The zero-order valence-corrected chi connectivity index (χ0v) is 15.3. The molecule has 1 rings (SSSR count). The number of halogens is 2. The van der Waals surface area contributed by atoms with Crippen molar-refractivity contribution in [2.75, 3.05) is 52.5 Å². The summed E-state index contributed by atoms with van der Waals surface area (Å²) in [4.78, 5) is 4.95. The molecule has 138 valence electrons. The molecule has 6 heteroatoms. The lowest BCUT2D eigenvalue weighted by atomic mass is 10.2. The van der Waals surface area contributed by atoms with E-state index in [2.05, 4.69) is 29.0 Å². The second kappa shape index (κ2) is 10.5. The van der Waals surface area contributed by atoms with E-state index in [-0.39, 0.29) is 12.6 Å². The molecule has 1 heterocycles. The molecule has 0 spiro atoms. The van der Waals surface area contributed by atoms with Crippen LogP contribution in [0, 0.1) is 0 Å². The van der Waals surface area contributed by atoms with Crippen molar-refractivity contribution in [2.45, 2.75) is 58.5 Å². The van der Waals surface area contributed by atoms with Crippen molar-refractivity contribution in [3.63, 3.8) is 0 Å². The second-order valence-electron chi connectivity index (χ2n) is 7.12. The first-order chi connectivity index (χ1) is 10.8. The molecule has 0 aromatic rings. The van der Waals surface area contributed by atoms with E-state index in [9.17, 15) is 8.78 Å². The molecule has 23 heavy (non-hydrogen) atoms. The van der Waals surface area contributed by atoms with Crippen LogP contribution in [0.15, 0.2) is 0 Å². The molecule has 1 N–H and O–H groups in total. The standard InChI is InChI=1S/C17H35F2N3O/c1-15(2)20-13-17(18,19)14-23-12-6-5-7-21-8-10-22(11-9-21)16(3)4/h15-16,20H,5-14H2,1-4H3. The monoisotopic (exact) mass is 335 g/mol. The Balaban J connectivity index is 1.99. The van der Waals surface area contributed by atoms with Crippen LogP contribution in [0.1, 0.15) is 40.5 Å². The van der Waals surface area contributed by atoms with Crippen molar-refractivity contribution < 1.29 is 13.5 Å². The molecule has 1 saturated heterocycles. The van der Waals surface area contributed by atoms with Crippen LogP contribution >= 0.6 is 0 Å². The van der Waals surface area contributed by atoms with Crippen LogP contribution in [0.3, 0.4) is 0 Å². The summed E-state index contributed by atoms with van der Waals surface area (Å²) in [6.45, 7) is 13.3. The number of nitrogens with one attached hydrogen (secondary N) is 1. The molecule has 0 aromatic carbocycles. The molecular weight excluding hydrogens is 300 g/mol. The average molecular weight is 335 g/mol. The largest absolute Gasteiger partial charge is 0.375 e. The molecule has 1 aliphatic heterocycles. The highest BCUT2D eigenvalue weighted by atomic mass is 19.3. The van der Waals surface area contributed by atoms with E-state index < -0.39 is 12.5 Å². The van der Waals surface area contributed by atoms with Gasteiger partial charge in [0.15, 0.2) is 0 Å². The maximum absolute atomic E-state index is 13.5. The molecule has 0 aromatic heterocycles. The quantitative estimate of drug-likeness (QED) is 0.587. The van der Waals surface area contributed by atoms with Crippen molar-refractivity contribution in [1.29, 1.82) is 0 Å². The van der Waals surface area contributed by atoms with Gasteiger partial charge in [-0.05, 0) is 33.2 Å². The zero-order chi connectivity index (χ0) is 17.3. The van der Waals surface area contributed by atoms with Crippen molar-refractivity contribution in [3.8, 4) is 0 Å². The van der Waals surface area contributed by atoms with Gasteiger partial charge in [0, 0.05) is 44.9 Å². The number of rotatable bonds is 11. The van der Waals surface area contributed by atoms with Crippen molar-refractivity contribution in [2.24, 2.45) is 0 Å². The Morgan fingerprint density at radius 2 is 1.70 bits per heavy atom. The lowest BCUT2D eigenvalue weighted by Gasteiger charge is -2.36. The van der Waals surface area contributed by atoms with Crippen LogP contribution in [0.5, 0.6) is 0 Å². The molecule has 0 aliphatic carbocycles. The molecule has 0 radical (unpaired) electrons. The van der Waals surface area contributed by atoms with Crippen LogP contribution in [-0.4, -0.2) is 80.3 Å². The summed E-state index contributed by atoms with van der Waals surface area (Å²) in [6.07, 6.45) is 1.86. The molecule has 4 nitrogen and oxygen atoms in total. The van der Waals surface area contributed by atoms with Gasteiger partial charge in [-0.2, -0.15) is 0 Å². The number of hydrogen-bond acceptors (Lipinski definition) is 4. The number of piperazine rings is 1. The Morgan fingerprint density at radius 1 is 1.04 bits per heavy atom. The van der Waals surface area contributed by atoms with E-state index in [1.54, 1.807) is 0 Å². The third kappa shape index (κ3) is 9.55. The highest BCUT2D eigenvalue weighted by molar-refractivity contribution is 4.74. The summed E-state index contributed by atoms with van der Waals surface area (Å²) in [5.74, 6) is -2.78. The smallest absolute Gasteiger partial charge is 0.283 e. The Labute approximate surface area is 140 Å². The molecule has 0 bridgehead atoms. The van der Waals surface area contributed by atoms with Crippen LogP contribution in [0.4, 0.5) is 8.78 Å². The number of hydrogen-bond donors (Lipinski definition) is 1. The molecule has 0 unspecified atom stereocenters. The minimum atomic E-state index is -2.78. The van der Waals surface area contributed by atoms with E-state index in [0.717, 1.165) is 45.6 Å². The van der Waals surface area contributed by atoms with Gasteiger partial charge in [0.1, 0.15) is 6.61 Å². The molecule has 1 fully saturated rings. The van der Waals surface area contributed by atoms with Gasteiger partial charge >= 0.3 is 0 Å². The average Bonchev–Trinajstić information content (AvgIpc) is 2.49. The number of unbranched alkanes of at least 4 members (excludes halogenated alkanes) is 1. The minimum Gasteiger partial charge on any atom is -0.375 e. The Hall–Kier alpha value is -0.300. The van der Waals surface area contributed by atoms with Gasteiger partial charge < -0.3 is 15.0 Å². The Bertz CT molecular complexity index is 306. The third-order valence-electron chi connectivity index (χ3n) is 4.23. The van der Waals surface area contributed by atoms with Gasteiger partial charge in [0.25, 0.3) is 5.92 Å². The van der Waals surface area contributed by atoms with Gasteiger partial charge in [0.05, 0.1) is 6.54 Å². The normalized spacial score (nSPS) is 18.3. The SMILES string of the molecule is CC(C)NCC(F)(F)COCCCCN1CCN(C(C)C)CC1. The maximum Gasteiger partial charge on any atom is 0.283 e. The van der Waals surface area contributed by atoms with E-state index in [4.69, 9.17) is 4.74 Å². The molecule has 1 aliphatic rings. The van der Waals surface area contributed by atoms with Crippen LogP contribution in [0.25, 0.3) is 0 Å². The topological polar surface area (TPSA) is 27.7 Å². The van der Waals surface area contributed by atoms with E-state index >= 15 is 0 Å². The molecular formula is C17H35F2N3O. The van der Waals surface area contributed by atoms with E-state index in [1.165, 1.54) is 0 Å². The number of nitrogens with zero attached hydrogens (tertiary/aromatic N) is 2. The van der Waals surface area contributed by atoms with Crippen LogP contribution in [0.2, 0.25) is 0 Å². The summed E-state index contributed by atoms with van der Waals surface area (Å²) in [5, 5.41) is 2.75. The van der Waals surface area contributed by atoms with Crippen LogP contribution < -0.4 is 5.32 Å². The van der Waals surface area contributed by atoms with Gasteiger partial charge in [-0.15, -0.1) is 0 Å². The lowest BCUT2D eigenvalue weighted by Crippen LogP contribution is -2.48. The first-order valence-corrected chi connectivity index (χ1v) is 8.95. The number of alkyl halides is 2. The van der Waals surface area contributed by atoms with Gasteiger partial charge in [0.2, 0.25) is 0 Å². The third-order valence-corrected chi connectivity index (χ3v) is 4.23. The zero-order valence-electron chi connectivity index (χ0n) is 15.3. The van der Waals surface area contributed by atoms with Gasteiger partial charge in [-0.1, -0.05) is 13.8 Å².